The molecule has 0 radical (unpaired) electrons. The van der Waals surface area contributed by atoms with E-state index in [0.29, 0.717) is 26.2 Å². The van der Waals surface area contributed by atoms with Gasteiger partial charge in [0.05, 0.1) is 19.8 Å². The number of nitrogens with two attached hydrogens (primary N) is 1. The topological polar surface area (TPSA) is 93.9 Å². The van der Waals surface area contributed by atoms with Gasteiger partial charge in [0.1, 0.15) is 11.6 Å². The summed E-state index contributed by atoms with van der Waals surface area (Å²) in [6.07, 6.45) is 2.53. The van der Waals surface area contributed by atoms with Crippen LogP contribution in [0.2, 0.25) is 0 Å². The number of hydrogen-bond acceptors (Lipinski definition) is 5. The molecule has 0 aromatic rings. The summed E-state index contributed by atoms with van der Waals surface area (Å²) in [5.41, 5.74) is 5.13. The van der Waals surface area contributed by atoms with Crippen LogP contribution in [0.15, 0.2) is 0 Å². The van der Waals surface area contributed by atoms with E-state index in [1.165, 1.54) is 0 Å². The van der Waals surface area contributed by atoms with Gasteiger partial charge >= 0.3 is 0 Å². The summed E-state index contributed by atoms with van der Waals surface area (Å²) in [7, 11) is 0. The van der Waals surface area contributed by atoms with Crippen LogP contribution in [0.4, 0.5) is 0 Å². The number of amides is 2. The van der Waals surface area contributed by atoms with Crippen LogP contribution in [0.1, 0.15) is 19.3 Å². The van der Waals surface area contributed by atoms with Gasteiger partial charge in [-0.3, -0.25) is 9.59 Å². The SMILES string of the molecule is NC1(C(=O)N2CCOCC2C(=O)NC2CC2)CCOC1. The Labute approximate surface area is 117 Å². The molecule has 3 fully saturated rings. The molecule has 2 heterocycles. The van der Waals surface area contributed by atoms with E-state index in [-0.39, 0.29) is 31.1 Å². The standard InChI is InChI=1S/C13H21N3O4/c14-13(3-5-20-8-13)12(18)16-4-6-19-7-10(16)11(17)15-9-1-2-9/h9-10H,1-8,14H2,(H,15,17). The van der Waals surface area contributed by atoms with Crippen LogP contribution in [0.5, 0.6) is 0 Å². The van der Waals surface area contributed by atoms with E-state index in [2.05, 4.69) is 5.32 Å². The van der Waals surface area contributed by atoms with E-state index >= 15 is 0 Å². The molecule has 1 saturated carbocycles. The zero-order chi connectivity index (χ0) is 14.2. The molecule has 1 aliphatic carbocycles. The molecule has 2 amide bonds. The molecular weight excluding hydrogens is 262 g/mol. The summed E-state index contributed by atoms with van der Waals surface area (Å²) in [6, 6.07) is -0.305. The van der Waals surface area contributed by atoms with Gasteiger partial charge in [0.25, 0.3) is 0 Å². The number of morpholine rings is 1. The van der Waals surface area contributed by atoms with Crippen molar-refractivity contribution in [1.82, 2.24) is 10.2 Å². The van der Waals surface area contributed by atoms with Crippen molar-refractivity contribution >= 4 is 11.8 Å². The summed E-state index contributed by atoms with van der Waals surface area (Å²) in [6.45, 7) is 1.79. The van der Waals surface area contributed by atoms with Crippen LogP contribution in [0, 0.1) is 0 Å². The smallest absolute Gasteiger partial charge is 0.245 e. The minimum absolute atomic E-state index is 0.136. The van der Waals surface area contributed by atoms with Crippen molar-refractivity contribution in [1.29, 1.82) is 0 Å². The van der Waals surface area contributed by atoms with Gasteiger partial charge in [-0.1, -0.05) is 0 Å². The molecule has 0 aromatic heterocycles. The molecule has 2 aliphatic heterocycles. The fourth-order valence-corrected chi connectivity index (χ4v) is 2.62. The molecular formula is C13H21N3O4. The minimum atomic E-state index is -0.991. The van der Waals surface area contributed by atoms with Crippen molar-refractivity contribution in [2.45, 2.75) is 36.9 Å². The van der Waals surface area contributed by atoms with Crippen LogP contribution < -0.4 is 11.1 Å². The van der Waals surface area contributed by atoms with E-state index in [4.69, 9.17) is 15.2 Å². The Morgan fingerprint density at radius 2 is 2.05 bits per heavy atom. The highest BCUT2D eigenvalue weighted by Gasteiger charge is 2.45. The molecule has 2 unspecified atom stereocenters. The summed E-state index contributed by atoms with van der Waals surface area (Å²) in [5, 5.41) is 2.93. The lowest BCUT2D eigenvalue weighted by Gasteiger charge is -2.38. The lowest BCUT2D eigenvalue weighted by molar-refractivity contribution is -0.152. The van der Waals surface area contributed by atoms with Crippen molar-refractivity contribution in [3.63, 3.8) is 0 Å². The number of hydrogen-bond donors (Lipinski definition) is 2. The first kappa shape index (κ1) is 13.8. The first-order valence-corrected chi connectivity index (χ1v) is 7.16. The number of nitrogens with one attached hydrogen (secondary N) is 1. The molecule has 2 saturated heterocycles. The molecule has 0 spiro atoms. The third kappa shape index (κ3) is 2.65. The van der Waals surface area contributed by atoms with E-state index in [9.17, 15) is 9.59 Å². The summed E-state index contributed by atoms with van der Waals surface area (Å²) in [5.74, 6) is -0.336. The number of carbonyl (C=O) groups is 2. The zero-order valence-corrected chi connectivity index (χ0v) is 11.5. The third-order valence-corrected chi connectivity index (χ3v) is 4.09. The van der Waals surface area contributed by atoms with Crippen molar-refractivity contribution in [3.8, 4) is 0 Å². The Hall–Kier alpha value is -1.18. The van der Waals surface area contributed by atoms with Gasteiger partial charge in [-0.2, -0.15) is 0 Å². The summed E-state index contributed by atoms with van der Waals surface area (Å²) < 4.78 is 10.6. The molecule has 3 rings (SSSR count). The lowest BCUT2D eigenvalue weighted by atomic mass is 9.97. The van der Waals surface area contributed by atoms with E-state index in [1.807, 2.05) is 0 Å². The van der Waals surface area contributed by atoms with Crippen LogP contribution in [-0.2, 0) is 19.1 Å². The second-order valence-corrected chi connectivity index (χ2v) is 5.83. The van der Waals surface area contributed by atoms with Gasteiger partial charge in [0.15, 0.2) is 0 Å². The number of carbonyl (C=O) groups excluding carboxylic acids is 2. The van der Waals surface area contributed by atoms with Crippen molar-refractivity contribution in [3.05, 3.63) is 0 Å². The van der Waals surface area contributed by atoms with Crippen LogP contribution in [0.3, 0.4) is 0 Å². The molecule has 2 atom stereocenters. The maximum atomic E-state index is 12.6. The molecule has 0 aromatic carbocycles. The molecule has 0 bridgehead atoms. The van der Waals surface area contributed by atoms with Gasteiger partial charge in [-0.25, -0.2) is 0 Å². The van der Waals surface area contributed by atoms with Gasteiger partial charge in [-0.05, 0) is 19.3 Å². The largest absolute Gasteiger partial charge is 0.379 e. The lowest BCUT2D eigenvalue weighted by Crippen LogP contribution is -2.64. The molecule has 112 valence electrons. The maximum absolute atomic E-state index is 12.6. The average Bonchev–Trinajstić information content (AvgIpc) is 3.16. The average molecular weight is 283 g/mol. The van der Waals surface area contributed by atoms with Crippen LogP contribution in [-0.4, -0.2) is 67.3 Å². The fourth-order valence-electron chi connectivity index (χ4n) is 2.62. The van der Waals surface area contributed by atoms with Gasteiger partial charge in [0, 0.05) is 19.2 Å². The maximum Gasteiger partial charge on any atom is 0.245 e. The number of rotatable bonds is 3. The Kier molecular flexibility index (Phi) is 3.66. The Morgan fingerprint density at radius 1 is 1.25 bits per heavy atom. The highest BCUT2D eigenvalue weighted by atomic mass is 16.5. The Morgan fingerprint density at radius 3 is 2.70 bits per heavy atom. The summed E-state index contributed by atoms with van der Waals surface area (Å²) >= 11 is 0. The monoisotopic (exact) mass is 283 g/mol. The van der Waals surface area contributed by atoms with Gasteiger partial charge in [-0.15, -0.1) is 0 Å². The van der Waals surface area contributed by atoms with Crippen molar-refractivity contribution in [2.24, 2.45) is 5.73 Å². The Bertz CT molecular complexity index is 404. The van der Waals surface area contributed by atoms with Crippen molar-refractivity contribution in [2.75, 3.05) is 33.0 Å². The number of ether oxygens (including phenoxy) is 2. The van der Waals surface area contributed by atoms with E-state index in [1.54, 1.807) is 4.90 Å². The predicted octanol–water partition coefficient (Wildman–Crippen LogP) is -1.39. The summed E-state index contributed by atoms with van der Waals surface area (Å²) in [4.78, 5) is 26.4. The predicted molar refractivity (Wildman–Crippen MR) is 69.8 cm³/mol. The molecule has 7 heteroatoms. The molecule has 20 heavy (non-hydrogen) atoms. The Balaban J connectivity index is 1.70. The molecule has 3 aliphatic rings. The van der Waals surface area contributed by atoms with E-state index < -0.39 is 11.6 Å². The normalized spacial score (nSPS) is 34.0. The van der Waals surface area contributed by atoms with Gasteiger partial charge in [0.2, 0.25) is 11.8 Å². The van der Waals surface area contributed by atoms with Crippen LogP contribution >= 0.6 is 0 Å². The first-order valence-electron chi connectivity index (χ1n) is 7.16. The van der Waals surface area contributed by atoms with E-state index in [0.717, 1.165) is 12.8 Å². The highest BCUT2D eigenvalue weighted by Crippen LogP contribution is 2.23. The second-order valence-electron chi connectivity index (χ2n) is 5.83. The fraction of sp³-hybridized carbons (Fsp3) is 0.846. The quantitative estimate of drug-likeness (QED) is 0.665. The second kappa shape index (κ2) is 5.31. The van der Waals surface area contributed by atoms with Gasteiger partial charge < -0.3 is 25.4 Å². The zero-order valence-electron chi connectivity index (χ0n) is 11.5. The highest BCUT2D eigenvalue weighted by molar-refractivity contribution is 5.92. The molecule has 3 N–H and O–H groups in total. The third-order valence-electron chi connectivity index (χ3n) is 4.09. The van der Waals surface area contributed by atoms with Crippen molar-refractivity contribution < 1.29 is 19.1 Å². The first-order chi connectivity index (χ1) is 9.60. The number of nitrogens with zero attached hydrogens (tertiary/aromatic N) is 1. The molecule has 7 nitrogen and oxygen atoms in total. The van der Waals surface area contributed by atoms with Crippen LogP contribution in [0.25, 0.3) is 0 Å². The minimum Gasteiger partial charge on any atom is -0.379 e.